The number of benzene rings is 1. The first-order chi connectivity index (χ1) is 10.1. The van der Waals surface area contributed by atoms with Crippen LogP contribution in [0.5, 0.6) is 0 Å². The zero-order valence-electron chi connectivity index (χ0n) is 11.9. The molecule has 1 aromatic rings. The first kappa shape index (κ1) is 14.3. The van der Waals surface area contributed by atoms with Gasteiger partial charge in [-0.1, -0.05) is 30.3 Å². The van der Waals surface area contributed by atoms with Gasteiger partial charge in [0, 0.05) is 13.5 Å². The first-order valence-electron chi connectivity index (χ1n) is 6.93. The molecule has 1 aromatic carbocycles. The highest BCUT2D eigenvalue weighted by atomic mass is 16.7. The number of fused-ring (bicyclic) bond motifs is 1. The molecule has 2 fully saturated rings. The van der Waals surface area contributed by atoms with E-state index in [-0.39, 0.29) is 24.9 Å². The second-order valence-corrected chi connectivity index (χ2v) is 5.43. The molecule has 0 bridgehead atoms. The van der Waals surface area contributed by atoms with Gasteiger partial charge in [-0.3, -0.25) is 0 Å². The highest BCUT2D eigenvalue weighted by Gasteiger charge is 2.60. The molecule has 1 amide bonds. The van der Waals surface area contributed by atoms with Crippen molar-refractivity contribution >= 4 is 6.09 Å². The van der Waals surface area contributed by atoms with Crippen LogP contribution in [0.3, 0.4) is 0 Å². The maximum Gasteiger partial charge on any atom is 0.404 e. The van der Waals surface area contributed by atoms with Crippen LogP contribution in [-0.2, 0) is 25.4 Å². The molecule has 0 spiro atoms. The van der Waals surface area contributed by atoms with Crippen molar-refractivity contribution in [3.8, 4) is 0 Å². The van der Waals surface area contributed by atoms with Crippen LogP contribution in [0, 0.1) is 0 Å². The minimum Gasteiger partial charge on any atom is -0.447 e. The fraction of sp³-hybridized carbons (Fsp3) is 0.533. The average Bonchev–Trinajstić information content (AvgIpc) is 3.15. The van der Waals surface area contributed by atoms with Crippen molar-refractivity contribution in [2.24, 2.45) is 5.73 Å². The Bertz CT molecular complexity index is 508. The predicted octanol–water partition coefficient (Wildman–Crippen LogP) is 0.876. The zero-order valence-corrected chi connectivity index (χ0v) is 11.9. The zero-order chi connectivity index (χ0) is 14.9. The number of carbonyl (C=O) groups is 1. The molecule has 3 rings (SSSR count). The number of ether oxygens (including phenoxy) is 4. The molecule has 0 unspecified atom stereocenters. The van der Waals surface area contributed by atoms with Gasteiger partial charge in [0.2, 0.25) is 0 Å². The van der Waals surface area contributed by atoms with Crippen molar-refractivity contribution in [2.75, 3.05) is 20.3 Å². The third-order valence-electron chi connectivity index (χ3n) is 4.09. The van der Waals surface area contributed by atoms with E-state index in [1.807, 2.05) is 30.3 Å². The number of primary amides is 1. The monoisotopic (exact) mass is 293 g/mol. The second kappa shape index (κ2) is 5.63. The Morgan fingerprint density at radius 2 is 2.19 bits per heavy atom. The van der Waals surface area contributed by atoms with Crippen LogP contribution in [0.25, 0.3) is 0 Å². The lowest BCUT2D eigenvalue weighted by Crippen LogP contribution is -2.53. The van der Waals surface area contributed by atoms with Crippen LogP contribution < -0.4 is 5.73 Å². The Labute approximate surface area is 123 Å². The van der Waals surface area contributed by atoms with Gasteiger partial charge < -0.3 is 24.7 Å². The standard InChI is InChI=1S/C15H19NO5/c1-18-15(9-20-14(16)17,7-10-5-3-2-4-6-10)13-12-11(21-12)8-19-13/h2-6,11-13H,7-9H2,1H3,(H2,16,17)/t11-,12-,13-,15+/m1/s1. The van der Waals surface area contributed by atoms with E-state index in [4.69, 9.17) is 24.7 Å². The maximum absolute atomic E-state index is 11.0. The van der Waals surface area contributed by atoms with Gasteiger partial charge in [0.05, 0.1) is 6.61 Å². The summed E-state index contributed by atoms with van der Waals surface area (Å²) in [6, 6.07) is 9.85. The highest BCUT2D eigenvalue weighted by Crippen LogP contribution is 2.42. The molecular formula is C15H19NO5. The summed E-state index contributed by atoms with van der Waals surface area (Å²) in [5.74, 6) is 0. The summed E-state index contributed by atoms with van der Waals surface area (Å²) in [4.78, 5) is 11.0. The number of hydrogen-bond acceptors (Lipinski definition) is 5. The number of amides is 1. The van der Waals surface area contributed by atoms with Gasteiger partial charge in [-0.05, 0) is 5.56 Å². The van der Waals surface area contributed by atoms with Gasteiger partial charge >= 0.3 is 6.09 Å². The van der Waals surface area contributed by atoms with Gasteiger partial charge in [-0.2, -0.15) is 0 Å². The summed E-state index contributed by atoms with van der Waals surface area (Å²) < 4.78 is 22.1. The summed E-state index contributed by atoms with van der Waals surface area (Å²) in [7, 11) is 1.59. The molecule has 0 aliphatic carbocycles. The third-order valence-corrected chi connectivity index (χ3v) is 4.09. The van der Waals surface area contributed by atoms with Crippen LogP contribution in [0.2, 0.25) is 0 Å². The highest BCUT2D eigenvalue weighted by molar-refractivity contribution is 5.64. The van der Waals surface area contributed by atoms with Crippen molar-refractivity contribution in [3.63, 3.8) is 0 Å². The van der Waals surface area contributed by atoms with Gasteiger partial charge in [0.25, 0.3) is 0 Å². The summed E-state index contributed by atoms with van der Waals surface area (Å²) in [5.41, 5.74) is 5.37. The van der Waals surface area contributed by atoms with E-state index in [9.17, 15) is 4.79 Å². The molecule has 2 N–H and O–H groups in total. The molecule has 0 saturated carbocycles. The topological polar surface area (TPSA) is 83.3 Å². The van der Waals surface area contributed by atoms with E-state index in [1.165, 1.54) is 0 Å². The van der Waals surface area contributed by atoms with E-state index in [0.29, 0.717) is 13.0 Å². The fourth-order valence-corrected chi connectivity index (χ4v) is 2.92. The molecule has 2 saturated heterocycles. The van der Waals surface area contributed by atoms with Crippen molar-refractivity contribution in [1.82, 2.24) is 0 Å². The number of rotatable bonds is 6. The fourth-order valence-electron chi connectivity index (χ4n) is 2.92. The van der Waals surface area contributed by atoms with Gasteiger partial charge in [-0.25, -0.2) is 4.79 Å². The Morgan fingerprint density at radius 3 is 2.71 bits per heavy atom. The second-order valence-electron chi connectivity index (χ2n) is 5.43. The molecule has 6 nitrogen and oxygen atoms in total. The number of carbonyl (C=O) groups excluding carboxylic acids is 1. The van der Waals surface area contributed by atoms with Crippen LogP contribution >= 0.6 is 0 Å². The number of methoxy groups -OCH3 is 1. The Balaban J connectivity index is 1.82. The smallest absolute Gasteiger partial charge is 0.404 e. The van der Waals surface area contributed by atoms with Crippen molar-refractivity contribution in [2.45, 2.75) is 30.3 Å². The van der Waals surface area contributed by atoms with E-state index in [1.54, 1.807) is 7.11 Å². The normalized spacial score (nSPS) is 29.5. The lowest BCUT2D eigenvalue weighted by atomic mass is 9.87. The molecule has 4 atom stereocenters. The molecule has 6 heteroatoms. The van der Waals surface area contributed by atoms with E-state index >= 15 is 0 Å². The van der Waals surface area contributed by atoms with Crippen LogP contribution in [0.4, 0.5) is 4.79 Å². The van der Waals surface area contributed by atoms with Gasteiger partial charge in [0.15, 0.2) is 0 Å². The Morgan fingerprint density at radius 1 is 1.43 bits per heavy atom. The van der Waals surface area contributed by atoms with Crippen LogP contribution in [0.15, 0.2) is 30.3 Å². The lowest BCUT2D eigenvalue weighted by molar-refractivity contribution is -0.153. The number of hydrogen-bond donors (Lipinski definition) is 1. The molecule has 2 aliphatic rings. The largest absolute Gasteiger partial charge is 0.447 e. The third kappa shape index (κ3) is 2.88. The van der Waals surface area contributed by atoms with Crippen LogP contribution in [0.1, 0.15) is 5.56 Å². The Kier molecular flexibility index (Phi) is 3.84. The van der Waals surface area contributed by atoms with E-state index in [2.05, 4.69) is 0 Å². The Hall–Kier alpha value is -1.63. The number of epoxide rings is 1. The first-order valence-corrected chi connectivity index (χ1v) is 6.93. The quantitative estimate of drug-likeness (QED) is 0.787. The molecule has 0 radical (unpaired) electrons. The van der Waals surface area contributed by atoms with Crippen molar-refractivity contribution < 1.29 is 23.7 Å². The summed E-state index contributed by atoms with van der Waals surface area (Å²) in [6.45, 7) is 0.580. The summed E-state index contributed by atoms with van der Waals surface area (Å²) in [6.07, 6.45) is -0.406. The molecular weight excluding hydrogens is 274 g/mol. The van der Waals surface area contributed by atoms with Crippen molar-refractivity contribution in [3.05, 3.63) is 35.9 Å². The van der Waals surface area contributed by atoms with E-state index < -0.39 is 11.7 Å². The minimum absolute atomic E-state index is 0.00476. The average molecular weight is 293 g/mol. The molecule has 2 heterocycles. The minimum atomic E-state index is -0.823. The molecule has 0 aromatic heterocycles. The molecule has 114 valence electrons. The summed E-state index contributed by atoms with van der Waals surface area (Å²) in [5, 5.41) is 0. The summed E-state index contributed by atoms with van der Waals surface area (Å²) >= 11 is 0. The molecule has 21 heavy (non-hydrogen) atoms. The molecule has 2 aliphatic heterocycles. The van der Waals surface area contributed by atoms with Gasteiger partial charge in [-0.15, -0.1) is 0 Å². The SMILES string of the molecule is CO[C@](COC(N)=O)(Cc1ccccc1)[C@@H]1OC[C@H]2O[C@@H]12. The van der Waals surface area contributed by atoms with Gasteiger partial charge in [0.1, 0.15) is 30.5 Å². The number of nitrogens with two attached hydrogens (primary N) is 1. The maximum atomic E-state index is 11.0. The van der Waals surface area contributed by atoms with Crippen LogP contribution in [-0.4, -0.2) is 50.3 Å². The predicted molar refractivity (Wildman–Crippen MR) is 73.8 cm³/mol. The lowest BCUT2D eigenvalue weighted by Gasteiger charge is -2.36. The van der Waals surface area contributed by atoms with E-state index in [0.717, 1.165) is 5.56 Å². The van der Waals surface area contributed by atoms with Crippen molar-refractivity contribution in [1.29, 1.82) is 0 Å².